The Morgan fingerprint density at radius 1 is 1.26 bits per heavy atom. The predicted octanol–water partition coefficient (Wildman–Crippen LogP) is 4.36. The van der Waals surface area contributed by atoms with Crippen LogP contribution in [0.2, 0.25) is 0 Å². The molecule has 0 bridgehead atoms. The summed E-state index contributed by atoms with van der Waals surface area (Å²) in [4.78, 5) is 43.6. The first-order valence-electron chi connectivity index (χ1n) is 10.4. The van der Waals surface area contributed by atoms with Crippen LogP contribution in [0.25, 0.3) is 10.2 Å². The van der Waals surface area contributed by atoms with Gasteiger partial charge in [-0.25, -0.2) is 9.78 Å². The van der Waals surface area contributed by atoms with Gasteiger partial charge in [-0.2, -0.15) is 0 Å². The molecule has 0 fully saturated rings. The molecule has 1 aromatic heterocycles. The minimum Gasteiger partial charge on any atom is -0.480 e. The minimum absolute atomic E-state index is 0.0725. The van der Waals surface area contributed by atoms with Gasteiger partial charge in [-0.1, -0.05) is 26.0 Å². The molecule has 2 aromatic carbocycles. The van der Waals surface area contributed by atoms with E-state index in [1.807, 2.05) is 26.8 Å². The van der Waals surface area contributed by atoms with Crippen LogP contribution in [-0.2, 0) is 19.8 Å². The topological polar surface area (TPSA) is 115 Å². The number of carboxylic acid groups (broad SMARTS) is 1. The van der Waals surface area contributed by atoms with Gasteiger partial charge in [0, 0.05) is 22.8 Å². The number of fused-ring (bicyclic) bond motifs is 1. The Bertz CT molecular complexity index is 1310. The fourth-order valence-corrected chi connectivity index (χ4v) is 6.04. The van der Waals surface area contributed by atoms with E-state index in [9.17, 15) is 14.4 Å². The fraction of sp³-hybridized carbons (Fsp3) is 0.292. The molecule has 4 rings (SSSR count). The number of aliphatic carboxylic acids is 1. The molecular formula is C24H22N2O6S2. The quantitative estimate of drug-likeness (QED) is 0.277. The molecule has 1 atom stereocenters. The first kappa shape index (κ1) is 23.9. The highest BCUT2D eigenvalue weighted by Crippen LogP contribution is 2.37. The highest BCUT2D eigenvalue weighted by atomic mass is 32.2. The summed E-state index contributed by atoms with van der Waals surface area (Å²) in [5, 5.41) is 10.4. The molecule has 0 radical (unpaired) electrons. The molecule has 34 heavy (non-hydrogen) atoms. The number of carboxylic acids is 1. The number of nitrogens with zero attached hydrogens (tertiary/aromatic N) is 2. The Hall–Kier alpha value is -3.24. The molecular weight excluding hydrogens is 476 g/mol. The van der Waals surface area contributed by atoms with E-state index >= 15 is 0 Å². The summed E-state index contributed by atoms with van der Waals surface area (Å²) < 4.78 is 11.6. The van der Waals surface area contributed by atoms with Crippen LogP contribution in [0.1, 0.15) is 36.4 Å². The first-order valence-corrected chi connectivity index (χ1v) is 12.2. The molecule has 176 valence electrons. The highest BCUT2D eigenvalue weighted by Gasteiger charge is 2.31. The molecule has 10 heteroatoms. The second-order valence-corrected chi connectivity index (χ2v) is 10.5. The van der Waals surface area contributed by atoms with E-state index in [0.717, 1.165) is 21.3 Å². The number of aryl methyl sites for hydroxylation is 1. The van der Waals surface area contributed by atoms with Crippen molar-refractivity contribution < 1.29 is 29.0 Å². The lowest BCUT2D eigenvalue weighted by molar-refractivity contribution is -0.138. The number of thiazole rings is 1. The molecule has 0 aliphatic carbocycles. The van der Waals surface area contributed by atoms with Gasteiger partial charge in [0.25, 0.3) is 6.47 Å². The Balaban J connectivity index is 1.51. The number of carbonyl (C=O) groups is 3. The fourth-order valence-electron chi connectivity index (χ4n) is 3.95. The molecule has 2 heterocycles. The van der Waals surface area contributed by atoms with Crippen molar-refractivity contribution in [3.05, 3.63) is 52.5 Å². The zero-order valence-electron chi connectivity index (χ0n) is 18.7. The van der Waals surface area contributed by atoms with E-state index < -0.39 is 23.4 Å². The molecule has 0 amide bonds. The lowest BCUT2D eigenvalue weighted by Crippen LogP contribution is -2.26. The zero-order valence-corrected chi connectivity index (χ0v) is 20.4. The van der Waals surface area contributed by atoms with Gasteiger partial charge in [0.05, 0.1) is 16.6 Å². The molecule has 1 unspecified atom stereocenters. The van der Waals surface area contributed by atoms with E-state index in [0.29, 0.717) is 33.8 Å². The Morgan fingerprint density at radius 2 is 2.06 bits per heavy atom. The number of esters is 1. The van der Waals surface area contributed by atoms with Crippen molar-refractivity contribution in [2.24, 2.45) is 4.99 Å². The standard InChI is InChI=1S/C24H22N2O6S2/c1-13-5-4-6-17(31-12-27)20(13)24(2,3)10-19(28)32-14-7-8-15-18(9-14)34-22(25-15)21-26-16(11-33-21)23(29)30/h4-9,12,16H,10-11H2,1-3H3,(H,29,30). The van der Waals surface area contributed by atoms with Crippen LogP contribution in [0, 0.1) is 6.92 Å². The Morgan fingerprint density at radius 3 is 2.76 bits per heavy atom. The minimum atomic E-state index is -0.948. The van der Waals surface area contributed by atoms with Gasteiger partial charge in [-0.05, 0) is 30.7 Å². The SMILES string of the molecule is Cc1cccc(OC=O)c1C(C)(C)CC(=O)Oc1ccc2nc(C3=NC(C(=O)O)CS3)sc2c1. The molecule has 1 aliphatic rings. The predicted molar refractivity (Wildman–Crippen MR) is 131 cm³/mol. The van der Waals surface area contributed by atoms with E-state index in [1.165, 1.54) is 23.1 Å². The third-order valence-corrected chi connectivity index (χ3v) is 7.59. The molecule has 3 aromatic rings. The first-order chi connectivity index (χ1) is 16.2. The van der Waals surface area contributed by atoms with Gasteiger partial charge in [0.1, 0.15) is 21.6 Å². The van der Waals surface area contributed by atoms with Crippen molar-refractivity contribution in [3.8, 4) is 11.5 Å². The number of rotatable bonds is 8. The van der Waals surface area contributed by atoms with Gasteiger partial charge >= 0.3 is 11.9 Å². The number of aliphatic imine (C=N–C) groups is 1. The van der Waals surface area contributed by atoms with Crippen molar-refractivity contribution in [2.45, 2.75) is 38.6 Å². The number of hydrogen-bond acceptors (Lipinski definition) is 9. The lowest BCUT2D eigenvalue weighted by atomic mass is 9.78. The van der Waals surface area contributed by atoms with Gasteiger partial charge in [0.2, 0.25) is 0 Å². The average Bonchev–Trinajstić information content (AvgIpc) is 3.40. The summed E-state index contributed by atoms with van der Waals surface area (Å²) in [6.07, 6.45) is 0.0725. The highest BCUT2D eigenvalue weighted by molar-refractivity contribution is 8.15. The summed E-state index contributed by atoms with van der Waals surface area (Å²) in [6, 6.07) is 9.82. The summed E-state index contributed by atoms with van der Waals surface area (Å²) in [7, 11) is 0. The summed E-state index contributed by atoms with van der Waals surface area (Å²) in [5.41, 5.74) is 1.77. The maximum Gasteiger partial charge on any atom is 0.329 e. The smallest absolute Gasteiger partial charge is 0.329 e. The molecule has 0 spiro atoms. The number of ether oxygens (including phenoxy) is 2. The van der Waals surface area contributed by atoms with E-state index in [1.54, 1.807) is 30.3 Å². The number of aromatic nitrogens is 1. The normalized spacial score (nSPS) is 15.7. The maximum absolute atomic E-state index is 12.8. The number of carbonyl (C=O) groups excluding carboxylic acids is 2. The van der Waals surface area contributed by atoms with Crippen molar-refractivity contribution in [1.82, 2.24) is 4.98 Å². The van der Waals surface area contributed by atoms with E-state index in [4.69, 9.17) is 14.6 Å². The maximum atomic E-state index is 12.8. The van der Waals surface area contributed by atoms with Gasteiger partial charge in [-0.3, -0.25) is 14.6 Å². The number of hydrogen-bond donors (Lipinski definition) is 1. The number of thioether (sulfide) groups is 1. The van der Waals surface area contributed by atoms with Crippen LogP contribution in [0.5, 0.6) is 11.5 Å². The van der Waals surface area contributed by atoms with Crippen molar-refractivity contribution in [2.75, 3.05) is 5.75 Å². The van der Waals surface area contributed by atoms with E-state index in [-0.39, 0.29) is 6.42 Å². The second kappa shape index (κ2) is 9.55. The van der Waals surface area contributed by atoms with E-state index in [2.05, 4.69) is 9.98 Å². The van der Waals surface area contributed by atoms with Crippen LogP contribution >= 0.6 is 23.1 Å². The third kappa shape index (κ3) is 4.97. The Labute approximate surface area is 204 Å². The van der Waals surface area contributed by atoms with Crippen LogP contribution < -0.4 is 9.47 Å². The van der Waals surface area contributed by atoms with Crippen LogP contribution in [-0.4, -0.2) is 45.3 Å². The van der Waals surface area contributed by atoms with Crippen molar-refractivity contribution in [3.63, 3.8) is 0 Å². The molecule has 8 nitrogen and oxygen atoms in total. The van der Waals surface area contributed by atoms with Crippen LogP contribution in [0.4, 0.5) is 0 Å². The Kier molecular flexibility index (Phi) is 6.72. The molecule has 0 saturated carbocycles. The number of benzene rings is 2. The average molecular weight is 499 g/mol. The van der Waals surface area contributed by atoms with Crippen LogP contribution in [0.3, 0.4) is 0 Å². The van der Waals surface area contributed by atoms with Crippen LogP contribution in [0.15, 0.2) is 41.4 Å². The molecule has 0 saturated heterocycles. The molecule has 1 aliphatic heterocycles. The zero-order chi connectivity index (χ0) is 24.5. The largest absolute Gasteiger partial charge is 0.480 e. The molecule has 1 N–H and O–H groups in total. The summed E-state index contributed by atoms with van der Waals surface area (Å²) >= 11 is 2.74. The summed E-state index contributed by atoms with van der Waals surface area (Å²) in [5.74, 6) is -0.170. The monoisotopic (exact) mass is 498 g/mol. The van der Waals surface area contributed by atoms with Gasteiger partial charge in [0.15, 0.2) is 6.04 Å². The van der Waals surface area contributed by atoms with Gasteiger partial charge < -0.3 is 14.6 Å². The van der Waals surface area contributed by atoms with Gasteiger partial charge in [-0.15, -0.1) is 23.1 Å². The van der Waals surface area contributed by atoms with Crippen molar-refractivity contribution in [1.29, 1.82) is 0 Å². The van der Waals surface area contributed by atoms with Crippen molar-refractivity contribution >= 4 is 56.8 Å². The summed E-state index contributed by atoms with van der Waals surface area (Å²) in [6.45, 7) is 6.08. The third-order valence-electron chi connectivity index (χ3n) is 5.38. The second-order valence-electron chi connectivity index (χ2n) is 8.44. The lowest BCUT2D eigenvalue weighted by Gasteiger charge is -2.27.